The van der Waals surface area contributed by atoms with Gasteiger partial charge in [-0.1, -0.05) is 42.5 Å². The Hall–Kier alpha value is -2.37. The summed E-state index contributed by atoms with van der Waals surface area (Å²) in [7, 11) is 2.22. The number of nitrogens with zero attached hydrogens (tertiary/aromatic N) is 3. The number of fused-ring (bicyclic) bond motifs is 1. The van der Waals surface area contributed by atoms with Crippen molar-refractivity contribution in [3.63, 3.8) is 0 Å². The van der Waals surface area contributed by atoms with Crippen LogP contribution in [-0.4, -0.2) is 73.0 Å². The summed E-state index contributed by atoms with van der Waals surface area (Å²) in [6, 6.07) is 17.7. The van der Waals surface area contributed by atoms with Gasteiger partial charge in [-0.15, -0.1) is 0 Å². The highest BCUT2D eigenvalue weighted by atomic mass is 16.2. The van der Waals surface area contributed by atoms with Crippen molar-refractivity contribution in [3.05, 3.63) is 65.2 Å². The molecule has 1 saturated carbocycles. The molecule has 1 unspecified atom stereocenters. The van der Waals surface area contributed by atoms with Crippen LogP contribution in [0.25, 0.3) is 0 Å². The van der Waals surface area contributed by atoms with E-state index < -0.39 is 0 Å². The maximum absolute atomic E-state index is 13.4. The summed E-state index contributed by atoms with van der Waals surface area (Å²) in [6.45, 7) is 6.61. The van der Waals surface area contributed by atoms with E-state index in [0.717, 1.165) is 57.0 Å². The number of carbonyl (C=O) groups excluding carboxylic acids is 1. The van der Waals surface area contributed by atoms with E-state index in [1.807, 2.05) is 0 Å². The first-order valence-corrected chi connectivity index (χ1v) is 13.7. The minimum absolute atomic E-state index is 0.213. The number of likely N-dealkylation sites (tertiary alicyclic amines) is 1. The predicted octanol–water partition coefficient (Wildman–Crippen LogP) is 4.42. The molecule has 2 fully saturated rings. The normalized spacial score (nSPS) is 20.5. The summed E-state index contributed by atoms with van der Waals surface area (Å²) < 4.78 is 0. The average Bonchev–Trinajstić information content (AvgIpc) is 3.61. The molecule has 2 heterocycles. The maximum Gasteiger partial charge on any atom is 0.241 e. The summed E-state index contributed by atoms with van der Waals surface area (Å²) >= 11 is 0. The van der Waals surface area contributed by atoms with Crippen LogP contribution in [0.5, 0.6) is 0 Å². The lowest BCUT2D eigenvalue weighted by Gasteiger charge is -2.30. The number of benzene rings is 2. The Balaban J connectivity index is 1.19. The molecule has 0 aromatic heterocycles. The molecule has 1 amide bonds. The molecule has 0 bridgehead atoms. The minimum atomic E-state index is 0.213. The van der Waals surface area contributed by atoms with Crippen LogP contribution in [0.15, 0.2) is 48.5 Å². The number of rotatable bonds is 11. The van der Waals surface area contributed by atoms with Gasteiger partial charge in [-0.3, -0.25) is 9.69 Å². The van der Waals surface area contributed by atoms with Crippen LogP contribution < -0.4 is 5.32 Å². The highest BCUT2D eigenvalue weighted by Gasteiger charge is 2.27. The summed E-state index contributed by atoms with van der Waals surface area (Å²) in [5.41, 5.74) is 5.29. The van der Waals surface area contributed by atoms with Crippen LogP contribution in [-0.2, 0) is 24.2 Å². The molecule has 0 spiro atoms. The van der Waals surface area contributed by atoms with Crippen LogP contribution in [0.2, 0.25) is 0 Å². The second-order valence-electron chi connectivity index (χ2n) is 10.9. The second-order valence-corrected chi connectivity index (χ2v) is 10.9. The molecular weight excluding hydrogens is 432 g/mol. The molecule has 1 atom stereocenters. The van der Waals surface area contributed by atoms with Crippen molar-refractivity contribution in [1.29, 1.82) is 0 Å². The fourth-order valence-corrected chi connectivity index (χ4v) is 5.86. The van der Waals surface area contributed by atoms with Gasteiger partial charge in [0.1, 0.15) is 0 Å². The molecule has 5 nitrogen and oxygen atoms in total. The van der Waals surface area contributed by atoms with Crippen molar-refractivity contribution in [2.24, 2.45) is 5.92 Å². The van der Waals surface area contributed by atoms with E-state index in [9.17, 15) is 4.79 Å². The third-order valence-electron chi connectivity index (χ3n) is 8.26. The van der Waals surface area contributed by atoms with Crippen LogP contribution in [0.1, 0.15) is 48.8 Å². The number of nitrogens with one attached hydrogen (secondary N) is 1. The fourth-order valence-electron chi connectivity index (χ4n) is 5.86. The van der Waals surface area contributed by atoms with Gasteiger partial charge in [-0.25, -0.2) is 0 Å². The lowest BCUT2D eigenvalue weighted by atomic mass is 9.97. The summed E-state index contributed by atoms with van der Waals surface area (Å²) in [5, 5.41) is 3.54. The Bertz CT molecular complexity index is 974. The maximum atomic E-state index is 13.4. The number of amides is 1. The topological polar surface area (TPSA) is 38.8 Å². The minimum Gasteiger partial charge on any atom is -0.376 e. The third-order valence-corrected chi connectivity index (χ3v) is 8.26. The van der Waals surface area contributed by atoms with E-state index in [2.05, 4.69) is 75.6 Å². The quantitative estimate of drug-likeness (QED) is 0.523. The first kappa shape index (κ1) is 24.3. The molecule has 188 valence electrons. The smallest absolute Gasteiger partial charge is 0.241 e. The molecular formula is C30H42N4O. The molecule has 1 saturated heterocycles. The predicted molar refractivity (Wildman–Crippen MR) is 144 cm³/mol. The van der Waals surface area contributed by atoms with Crippen molar-refractivity contribution >= 4 is 11.6 Å². The van der Waals surface area contributed by atoms with Crippen LogP contribution in [0, 0.1) is 5.92 Å². The number of hydrogen-bond acceptors (Lipinski definition) is 4. The van der Waals surface area contributed by atoms with Crippen LogP contribution in [0.3, 0.4) is 0 Å². The summed E-state index contributed by atoms with van der Waals surface area (Å²) in [5.74, 6) is 1.15. The van der Waals surface area contributed by atoms with Crippen molar-refractivity contribution in [1.82, 2.24) is 14.7 Å². The zero-order valence-electron chi connectivity index (χ0n) is 21.4. The molecule has 35 heavy (non-hydrogen) atoms. The molecule has 2 aromatic carbocycles. The molecule has 5 heteroatoms. The van der Waals surface area contributed by atoms with E-state index >= 15 is 0 Å². The molecule has 2 aliphatic heterocycles. The lowest BCUT2D eigenvalue weighted by Crippen LogP contribution is -2.40. The molecule has 3 aliphatic rings. The summed E-state index contributed by atoms with van der Waals surface area (Å²) in [4.78, 5) is 20.6. The molecule has 2 aromatic rings. The van der Waals surface area contributed by atoms with Gasteiger partial charge in [0.05, 0.1) is 6.54 Å². The van der Waals surface area contributed by atoms with Crippen molar-refractivity contribution in [2.45, 2.75) is 57.5 Å². The number of carbonyl (C=O) groups is 1. The Morgan fingerprint density at radius 1 is 1.03 bits per heavy atom. The summed E-state index contributed by atoms with van der Waals surface area (Å²) in [6.07, 6.45) is 8.39. The molecule has 0 radical (unpaired) electrons. The molecule has 1 aliphatic carbocycles. The van der Waals surface area contributed by atoms with Gasteiger partial charge >= 0.3 is 0 Å². The van der Waals surface area contributed by atoms with Gasteiger partial charge in [0.25, 0.3) is 0 Å². The Morgan fingerprint density at radius 2 is 1.89 bits per heavy atom. The van der Waals surface area contributed by atoms with Gasteiger partial charge in [-0.2, -0.15) is 0 Å². The third kappa shape index (κ3) is 6.65. The molecule has 5 rings (SSSR count). The van der Waals surface area contributed by atoms with Crippen molar-refractivity contribution in [2.75, 3.05) is 51.6 Å². The first-order valence-electron chi connectivity index (χ1n) is 13.7. The Morgan fingerprint density at radius 3 is 2.66 bits per heavy atom. The van der Waals surface area contributed by atoms with Crippen molar-refractivity contribution in [3.8, 4) is 0 Å². The zero-order valence-corrected chi connectivity index (χ0v) is 21.4. The second kappa shape index (κ2) is 11.6. The standard InChI is InChI=1S/C30H42N4O/c1-32-17-6-10-27(32)15-20-34(19-14-24-7-3-2-4-8-24)30(35)21-31-29-11-5-9-26-23-33(18-16-28(26)29)22-25-12-13-25/h2-5,7-9,11,25,27,31H,6,10,12-23H2,1H3. The average molecular weight is 475 g/mol. The lowest BCUT2D eigenvalue weighted by molar-refractivity contribution is -0.129. The van der Waals surface area contributed by atoms with Crippen molar-refractivity contribution < 1.29 is 4.79 Å². The Labute approximate surface area is 211 Å². The number of anilines is 1. The largest absolute Gasteiger partial charge is 0.376 e. The van der Waals surface area contributed by atoms with E-state index in [1.54, 1.807) is 0 Å². The van der Waals surface area contributed by atoms with E-state index in [0.29, 0.717) is 12.6 Å². The van der Waals surface area contributed by atoms with Gasteiger partial charge in [-0.05, 0) is 87.2 Å². The number of hydrogen-bond donors (Lipinski definition) is 1. The van der Waals surface area contributed by atoms with Gasteiger partial charge in [0, 0.05) is 44.5 Å². The van der Waals surface area contributed by atoms with Crippen LogP contribution >= 0.6 is 0 Å². The zero-order chi connectivity index (χ0) is 24.0. The highest BCUT2D eigenvalue weighted by molar-refractivity contribution is 5.81. The fraction of sp³-hybridized carbons (Fsp3) is 0.567. The van der Waals surface area contributed by atoms with E-state index in [4.69, 9.17) is 0 Å². The van der Waals surface area contributed by atoms with Crippen LogP contribution in [0.4, 0.5) is 5.69 Å². The first-order chi connectivity index (χ1) is 17.2. The van der Waals surface area contributed by atoms with E-state index in [1.165, 1.54) is 55.5 Å². The van der Waals surface area contributed by atoms with E-state index in [-0.39, 0.29) is 5.91 Å². The highest BCUT2D eigenvalue weighted by Crippen LogP contribution is 2.33. The van der Waals surface area contributed by atoms with Gasteiger partial charge in [0.2, 0.25) is 5.91 Å². The van der Waals surface area contributed by atoms with Gasteiger partial charge < -0.3 is 15.1 Å². The van der Waals surface area contributed by atoms with Gasteiger partial charge in [0.15, 0.2) is 0 Å². The monoisotopic (exact) mass is 474 g/mol. The SMILES string of the molecule is CN1CCCC1CCN(CCc1ccccc1)C(=O)CNc1cccc2c1CCN(CC1CC1)C2. The Kier molecular flexibility index (Phi) is 8.05. The molecule has 1 N–H and O–H groups in total.